The Morgan fingerprint density at radius 1 is 1.29 bits per heavy atom. The minimum Gasteiger partial charge on any atom is -0.368 e. The molecular weight excluding hydrogens is 214 g/mol. The predicted molar refractivity (Wildman–Crippen MR) is 65.6 cm³/mol. The average Bonchev–Trinajstić information content (AvgIpc) is 2.28. The van der Waals surface area contributed by atoms with Crippen molar-refractivity contribution in [2.24, 2.45) is 0 Å². The van der Waals surface area contributed by atoms with Crippen LogP contribution in [-0.4, -0.2) is 9.97 Å². The maximum Gasteiger partial charge on any atom is 0.222 e. The van der Waals surface area contributed by atoms with Crippen LogP contribution in [0.4, 0.5) is 17.5 Å². The third-order valence-electron chi connectivity index (χ3n) is 2.18. The lowest BCUT2D eigenvalue weighted by Gasteiger charge is -2.08. The molecule has 0 aliphatic heterocycles. The summed E-state index contributed by atoms with van der Waals surface area (Å²) >= 11 is 0. The zero-order chi connectivity index (χ0) is 12.3. The van der Waals surface area contributed by atoms with Crippen molar-refractivity contribution in [1.29, 1.82) is 5.26 Å². The van der Waals surface area contributed by atoms with Gasteiger partial charge in [-0.2, -0.15) is 10.2 Å². The van der Waals surface area contributed by atoms with Crippen LogP contribution in [-0.2, 0) is 0 Å². The molecule has 2 rings (SSSR count). The first-order chi connectivity index (χ1) is 8.19. The van der Waals surface area contributed by atoms with E-state index in [1.165, 1.54) is 0 Å². The first kappa shape index (κ1) is 10.9. The third kappa shape index (κ3) is 2.49. The number of para-hydroxylation sites is 1. The Morgan fingerprint density at radius 3 is 2.76 bits per heavy atom. The fourth-order valence-corrected chi connectivity index (χ4v) is 1.48. The smallest absolute Gasteiger partial charge is 0.222 e. The molecular formula is C12H11N5. The van der Waals surface area contributed by atoms with E-state index in [0.29, 0.717) is 17.1 Å². The van der Waals surface area contributed by atoms with Crippen LogP contribution in [0.15, 0.2) is 30.3 Å². The number of nitrogens with one attached hydrogen (secondary N) is 1. The molecule has 3 N–H and O–H groups in total. The second-order valence-corrected chi connectivity index (χ2v) is 3.54. The SMILES string of the molecule is Cc1cc(Nc2ccccc2C#N)nc(N)n1. The number of aryl methyl sites for hydroxylation is 1. The number of benzene rings is 1. The Hall–Kier alpha value is -2.61. The molecule has 1 aromatic heterocycles. The largest absolute Gasteiger partial charge is 0.368 e. The van der Waals surface area contributed by atoms with E-state index in [1.807, 2.05) is 25.1 Å². The van der Waals surface area contributed by atoms with Crippen LogP contribution in [0, 0.1) is 18.3 Å². The summed E-state index contributed by atoms with van der Waals surface area (Å²) in [6, 6.07) is 11.1. The van der Waals surface area contributed by atoms with Crippen molar-refractivity contribution in [1.82, 2.24) is 9.97 Å². The molecule has 0 aliphatic rings. The van der Waals surface area contributed by atoms with Gasteiger partial charge in [-0.05, 0) is 19.1 Å². The average molecular weight is 225 g/mol. The molecule has 0 unspecified atom stereocenters. The van der Waals surface area contributed by atoms with Gasteiger partial charge in [0.25, 0.3) is 0 Å². The van der Waals surface area contributed by atoms with Gasteiger partial charge in [-0.25, -0.2) is 4.98 Å². The first-order valence-corrected chi connectivity index (χ1v) is 5.06. The van der Waals surface area contributed by atoms with Gasteiger partial charge in [-0.15, -0.1) is 0 Å². The Kier molecular flexibility index (Phi) is 2.88. The highest BCUT2D eigenvalue weighted by Crippen LogP contribution is 2.19. The Labute approximate surface area is 98.9 Å². The Morgan fingerprint density at radius 2 is 2.06 bits per heavy atom. The number of hydrogen-bond acceptors (Lipinski definition) is 5. The summed E-state index contributed by atoms with van der Waals surface area (Å²) in [7, 11) is 0. The third-order valence-corrected chi connectivity index (χ3v) is 2.18. The number of nitrogen functional groups attached to an aromatic ring is 1. The fraction of sp³-hybridized carbons (Fsp3) is 0.0833. The number of aromatic nitrogens is 2. The summed E-state index contributed by atoms with van der Waals surface area (Å²) < 4.78 is 0. The normalized spacial score (nSPS) is 9.65. The molecule has 2 aromatic rings. The van der Waals surface area contributed by atoms with Gasteiger partial charge in [0.1, 0.15) is 11.9 Å². The zero-order valence-electron chi connectivity index (χ0n) is 9.31. The lowest BCUT2D eigenvalue weighted by Crippen LogP contribution is -2.02. The first-order valence-electron chi connectivity index (χ1n) is 5.06. The predicted octanol–water partition coefficient (Wildman–Crippen LogP) is 1.98. The number of nitrogens with two attached hydrogens (primary N) is 1. The van der Waals surface area contributed by atoms with Crippen molar-refractivity contribution >= 4 is 17.5 Å². The number of nitriles is 1. The molecule has 0 saturated heterocycles. The van der Waals surface area contributed by atoms with Gasteiger partial charge in [-0.3, -0.25) is 0 Å². The van der Waals surface area contributed by atoms with E-state index in [2.05, 4.69) is 21.4 Å². The number of rotatable bonds is 2. The monoisotopic (exact) mass is 225 g/mol. The van der Waals surface area contributed by atoms with E-state index in [-0.39, 0.29) is 5.95 Å². The van der Waals surface area contributed by atoms with E-state index in [4.69, 9.17) is 11.0 Å². The maximum atomic E-state index is 8.96. The lowest BCUT2D eigenvalue weighted by atomic mass is 10.2. The molecule has 0 spiro atoms. The molecule has 1 heterocycles. The van der Waals surface area contributed by atoms with Crippen LogP contribution in [0.3, 0.4) is 0 Å². The Balaban J connectivity index is 2.35. The molecule has 17 heavy (non-hydrogen) atoms. The number of anilines is 3. The second kappa shape index (κ2) is 4.49. The highest BCUT2D eigenvalue weighted by Gasteiger charge is 2.03. The van der Waals surface area contributed by atoms with Gasteiger partial charge in [0.2, 0.25) is 5.95 Å². The standard InChI is InChI=1S/C12H11N5/c1-8-6-11(17-12(14)15-8)16-10-5-3-2-4-9(10)7-13/h2-6H,1H3,(H3,14,15,16,17). The molecule has 0 atom stereocenters. The van der Waals surface area contributed by atoms with Gasteiger partial charge in [0.05, 0.1) is 11.3 Å². The molecule has 0 fully saturated rings. The highest BCUT2D eigenvalue weighted by atomic mass is 15.1. The van der Waals surface area contributed by atoms with Crippen LogP contribution in [0.2, 0.25) is 0 Å². The van der Waals surface area contributed by atoms with E-state index in [0.717, 1.165) is 5.69 Å². The van der Waals surface area contributed by atoms with E-state index in [9.17, 15) is 0 Å². The summed E-state index contributed by atoms with van der Waals surface area (Å²) in [5, 5.41) is 12.0. The summed E-state index contributed by atoms with van der Waals surface area (Å²) in [5.41, 5.74) is 7.59. The molecule has 0 saturated carbocycles. The van der Waals surface area contributed by atoms with Crippen LogP contribution < -0.4 is 11.1 Å². The molecule has 84 valence electrons. The van der Waals surface area contributed by atoms with Crippen molar-refractivity contribution in [2.45, 2.75) is 6.92 Å². The van der Waals surface area contributed by atoms with Gasteiger partial charge in [0, 0.05) is 11.8 Å². The van der Waals surface area contributed by atoms with Gasteiger partial charge in [-0.1, -0.05) is 12.1 Å². The highest BCUT2D eigenvalue weighted by molar-refractivity contribution is 5.64. The molecule has 0 bridgehead atoms. The van der Waals surface area contributed by atoms with E-state index < -0.39 is 0 Å². The van der Waals surface area contributed by atoms with Crippen molar-refractivity contribution in [3.05, 3.63) is 41.6 Å². The minimum atomic E-state index is 0.210. The van der Waals surface area contributed by atoms with Crippen molar-refractivity contribution < 1.29 is 0 Å². The summed E-state index contributed by atoms with van der Waals surface area (Å²) in [6.45, 7) is 1.83. The van der Waals surface area contributed by atoms with Crippen LogP contribution in [0.25, 0.3) is 0 Å². The molecule has 0 radical (unpaired) electrons. The number of hydrogen-bond donors (Lipinski definition) is 2. The zero-order valence-corrected chi connectivity index (χ0v) is 9.31. The van der Waals surface area contributed by atoms with Crippen LogP contribution >= 0.6 is 0 Å². The van der Waals surface area contributed by atoms with E-state index in [1.54, 1.807) is 12.1 Å². The molecule has 1 aromatic carbocycles. The summed E-state index contributed by atoms with van der Waals surface area (Å²) in [5.74, 6) is 0.791. The van der Waals surface area contributed by atoms with Crippen molar-refractivity contribution in [3.8, 4) is 6.07 Å². The summed E-state index contributed by atoms with van der Waals surface area (Å²) in [4.78, 5) is 8.03. The maximum absolute atomic E-state index is 8.96. The van der Waals surface area contributed by atoms with E-state index >= 15 is 0 Å². The minimum absolute atomic E-state index is 0.210. The second-order valence-electron chi connectivity index (χ2n) is 3.54. The Bertz CT molecular complexity index is 565. The van der Waals surface area contributed by atoms with Crippen molar-refractivity contribution in [3.63, 3.8) is 0 Å². The molecule has 5 nitrogen and oxygen atoms in total. The number of nitrogens with zero attached hydrogens (tertiary/aromatic N) is 3. The van der Waals surface area contributed by atoms with Crippen LogP contribution in [0.5, 0.6) is 0 Å². The topological polar surface area (TPSA) is 87.6 Å². The molecule has 0 amide bonds. The van der Waals surface area contributed by atoms with Gasteiger partial charge >= 0.3 is 0 Å². The molecule has 5 heteroatoms. The van der Waals surface area contributed by atoms with Gasteiger partial charge in [0.15, 0.2) is 0 Å². The lowest BCUT2D eigenvalue weighted by molar-refractivity contribution is 1.12. The summed E-state index contributed by atoms with van der Waals surface area (Å²) in [6.07, 6.45) is 0. The van der Waals surface area contributed by atoms with Crippen LogP contribution in [0.1, 0.15) is 11.3 Å². The van der Waals surface area contributed by atoms with Crippen molar-refractivity contribution in [2.75, 3.05) is 11.1 Å². The molecule has 0 aliphatic carbocycles. The quantitative estimate of drug-likeness (QED) is 0.815. The fourth-order valence-electron chi connectivity index (χ4n) is 1.48. The van der Waals surface area contributed by atoms with Gasteiger partial charge < -0.3 is 11.1 Å².